The van der Waals surface area contributed by atoms with Crippen molar-refractivity contribution in [1.29, 1.82) is 0 Å². The molecule has 0 aliphatic carbocycles. The number of benzene rings is 1. The second kappa shape index (κ2) is 7.85. The van der Waals surface area contributed by atoms with E-state index in [2.05, 4.69) is 4.90 Å². The third-order valence-electron chi connectivity index (χ3n) is 3.20. The summed E-state index contributed by atoms with van der Waals surface area (Å²) in [7, 11) is 0. The number of ether oxygens (including phenoxy) is 1. The Balaban J connectivity index is 1.63. The van der Waals surface area contributed by atoms with Gasteiger partial charge in [-0.15, -0.1) is 11.8 Å². The van der Waals surface area contributed by atoms with Gasteiger partial charge in [-0.25, -0.2) is 4.39 Å². The molecule has 0 amide bonds. The fraction of sp³-hybridized carbons (Fsp3) is 0.571. The Bertz CT molecular complexity index is 368. The molecule has 1 aromatic rings. The number of halogens is 1. The van der Waals surface area contributed by atoms with Crippen LogP contribution in [-0.2, 0) is 4.74 Å². The normalized spacial score (nSPS) is 18.4. The SMILES string of the molecule is NC(CCN1CCOCC1)CSc1ccc(F)cc1. The predicted octanol–water partition coefficient (Wildman–Crippen LogP) is 1.97. The van der Waals surface area contributed by atoms with Gasteiger partial charge in [0.1, 0.15) is 5.82 Å². The van der Waals surface area contributed by atoms with E-state index < -0.39 is 0 Å². The lowest BCUT2D eigenvalue weighted by Gasteiger charge is -2.27. The van der Waals surface area contributed by atoms with Crippen LogP contribution in [0.5, 0.6) is 0 Å². The van der Waals surface area contributed by atoms with Crippen molar-refractivity contribution in [2.24, 2.45) is 5.73 Å². The molecule has 0 saturated carbocycles. The smallest absolute Gasteiger partial charge is 0.123 e. The Kier molecular flexibility index (Phi) is 6.10. The highest BCUT2D eigenvalue weighted by atomic mass is 32.2. The van der Waals surface area contributed by atoms with Crippen molar-refractivity contribution in [2.75, 3.05) is 38.6 Å². The van der Waals surface area contributed by atoms with Crippen LogP contribution >= 0.6 is 11.8 Å². The monoisotopic (exact) mass is 284 g/mol. The number of thioether (sulfide) groups is 1. The summed E-state index contributed by atoms with van der Waals surface area (Å²) in [6.45, 7) is 4.73. The molecule has 1 aliphatic heterocycles. The molecule has 1 heterocycles. The summed E-state index contributed by atoms with van der Waals surface area (Å²) in [6.07, 6.45) is 0.994. The van der Waals surface area contributed by atoms with Gasteiger partial charge in [-0.1, -0.05) is 0 Å². The maximum absolute atomic E-state index is 12.8. The molecule has 1 fully saturated rings. The summed E-state index contributed by atoms with van der Waals surface area (Å²) >= 11 is 1.69. The highest BCUT2D eigenvalue weighted by molar-refractivity contribution is 7.99. The van der Waals surface area contributed by atoms with Crippen molar-refractivity contribution in [3.05, 3.63) is 30.1 Å². The molecule has 1 aliphatic rings. The van der Waals surface area contributed by atoms with Crippen LogP contribution in [0.3, 0.4) is 0 Å². The van der Waals surface area contributed by atoms with Crippen LogP contribution in [0.15, 0.2) is 29.2 Å². The third-order valence-corrected chi connectivity index (χ3v) is 4.40. The van der Waals surface area contributed by atoms with Crippen LogP contribution in [0.2, 0.25) is 0 Å². The molecule has 1 atom stereocenters. The minimum Gasteiger partial charge on any atom is -0.379 e. The van der Waals surface area contributed by atoms with E-state index in [-0.39, 0.29) is 11.9 Å². The van der Waals surface area contributed by atoms with Gasteiger partial charge in [-0.3, -0.25) is 4.90 Å². The first-order valence-corrected chi connectivity index (χ1v) is 7.66. The molecule has 0 bridgehead atoms. The van der Waals surface area contributed by atoms with E-state index in [1.165, 1.54) is 12.1 Å². The van der Waals surface area contributed by atoms with E-state index >= 15 is 0 Å². The number of rotatable bonds is 6. The fourth-order valence-electron chi connectivity index (χ4n) is 1.99. The minimum atomic E-state index is -0.194. The molecule has 1 unspecified atom stereocenters. The number of hydrogen-bond acceptors (Lipinski definition) is 4. The zero-order valence-electron chi connectivity index (χ0n) is 11.1. The van der Waals surface area contributed by atoms with E-state index in [0.29, 0.717) is 0 Å². The summed E-state index contributed by atoms with van der Waals surface area (Å²) in [5, 5.41) is 0. The van der Waals surface area contributed by atoms with Gasteiger partial charge in [0.15, 0.2) is 0 Å². The second-order valence-electron chi connectivity index (χ2n) is 4.77. The van der Waals surface area contributed by atoms with E-state index in [0.717, 1.165) is 49.9 Å². The molecule has 19 heavy (non-hydrogen) atoms. The number of morpholine rings is 1. The lowest BCUT2D eigenvalue weighted by Crippen LogP contribution is -2.39. The van der Waals surface area contributed by atoms with Crippen LogP contribution < -0.4 is 5.73 Å². The zero-order chi connectivity index (χ0) is 13.5. The van der Waals surface area contributed by atoms with Crippen LogP contribution in [0.1, 0.15) is 6.42 Å². The molecule has 2 N–H and O–H groups in total. The lowest BCUT2D eigenvalue weighted by molar-refractivity contribution is 0.0369. The summed E-state index contributed by atoms with van der Waals surface area (Å²) in [4.78, 5) is 3.47. The van der Waals surface area contributed by atoms with Crippen molar-refractivity contribution in [3.8, 4) is 0 Å². The molecule has 0 radical (unpaired) electrons. The largest absolute Gasteiger partial charge is 0.379 e. The fourth-order valence-corrected chi connectivity index (χ4v) is 2.89. The topological polar surface area (TPSA) is 38.5 Å². The maximum atomic E-state index is 12.8. The number of nitrogens with zero attached hydrogens (tertiary/aromatic N) is 1. The van der Waals surface area contributed by atoms with E-state index in [4.69, 9.17) is 10.5 Å². The van der Waals surface area contributed by atoms with Gasteiger partial charge in [0.05, 0.1) is 13.2 Å². The molecule has 0 spiro atoms. The zero-order valence-corrected chi connectivity index (χ0v) is 11.9. The van der Waals surface area contributed by atoms with Gasteiger partial charge in [0, 0.05) is 29.8 Å². The first-order chi connectivity index (χ1) is 9.24. The van der Waals surface area contributed by atoms with Gasteiger partial charge >= 0.3 is 0 Å². The standard InChI is InChI=1S/C14H21FN2OS/c15-12-1-3-14(4-2-12)19-11-13(16)5-6-17-7-9-18-10-8-17/h1-4,13H,5-11,16H2. The summed E-state index contributed by atoms with van der Waals surface area (Å²) < 4.78 is 18.1. The molecule has 1 aromatic carbocycles. The van der Waals surface area contributed by atoms with Gasteiger partial charge in [-0.05, 0) is 37.2 Å². The van der Waals surface area contributed by atoms with Crippen molar-refractivity contribution in [2.45, 2.75) is 17.4 Å². The van der Waals surface area contributed by atoms with Gasteiger partial charge < -0.3 is 10.5 Å². The second-order valence-corrected chi connectivity index (χ2v) is 5.86. The van der Waals surface area contributed by atoms with Gasteiger partial charge in [-0.2, -0.15) is 0 Å². The molecule has 1 saturated heterocycles. The molecule has 5 heteroatoms. The van der Waals surface area contributed by atoms with Crippen molar-refractivity contribution in [1.82, 2.24) is 4.90 Å². The minimum absolute atomic E-state index is 0.179. The Labute approximate surface area is 118 Å². The van der Waals surface area contributed by atoms with Crippen LogP contribution in [0.4, 0.5) is 4.39 Å². The Morgan fingerprint density at radius 3 is 2.63 bits per heavy atom. The van der Waals surface area contributed by atoms with Crippen LogP contribution in [-0.4, -0.2) is 49.5 Å². The molecule has 2 rings (SSSR count). The summed E-state index contributed by atoms with van der Waals surface area (Å²) in [5.74, 6) is 0.677. The summed E-state index contributed by atoms with van der Waals surface area (Å²) in [5.41, 5.74) is 6.12. The Morgan fingerprint density at radius 1 is 1.26 bits per heavy atom. The number of hydrogen-bond donors (Lipinski definition) is 1. The van der Waals surface area contributed by atoms with Gasteiger partial charge in [0.2, 0.25) is 0 Å². The van der Waals surface area contributed by atoms with E-state index in [1.54, 1.807) is 23.9 Å². The average Bonchev–Trinajstić information content (AvgIpc) is 2.45. The van der Waals surface area contributed by atoms with Gasteiger partial charge in [0.25, 0.3) is 0 Å². The molecule has 106 valence electrons. The lowest BCUT2D eigenvalue weighted by atomic mass is 10.2. The highest BCUT2D eigenvalue weighted by Crippen LogP contribution is 2.19. The molecule has 0 aromatic heterocycles. The highest BCUT2D eigenvalue weighted by Gasteiger charge is 2.12. The van der Waals surface area contributed by atoms with Crippen LogP contribution in [0, 0.1) is 5.82 Å². The first-order valence-electron chi connectivity index (χ1n) is 6.68. The quantitative estimate of drug-likeness (QED) is 0.811. The Hall–Kier alpha value is -0.620. The van der Waals surface area contributed by atoms with E-state index in [1.807, 2.05) is 0 Å². The predicted molar refractivity (Wildman–Crippen MR) is 77.0 cm³/mol. The molecular formula is C14H21FN2OS. The third kappa shape index (κ3) is 5.48. The average molecular weight is 284 g/mol. The Morgan fingerprint density at radius 2 is 1.95 bits per heavy atom. The van der Waals surface area contributed by atoms with E-state index in [9.17, 15) is 4.39 Å². The first kappa shape index (κ1) is 14.8. The maximum Gasteiger partial charge on any atom is 0.123 e. The van der Waals surface area contributed by atoms with Crippen molar-refractivity contribution in [3.63, 3.8) is 0 Å². The summed E-state index contributed by atoms with van der Waals surface area (Å²) in [6, 6.07) is 6.75. The molecule has 3 nitrogen and oxygen atoms in total. The molecular weight excluding hydrogens is 263 g/mol. The van der Waals surface area contributed by atoms with Crippen molar-refractivity contribution < 1.29 is 9.13 Å². The number of nitrogens with two attached hydrogens (primary N) is 1. The van der Waals surface area contributed by atoms with Crippen LogP contribution in [0.25, 0.3) is 0 Å². The van der Waals surface area contributed by atoms with Crippen molar-refractivity contribution >= 4 is 11.8 Å².